The van der Waals surface area contributed by atoms with Crippen molar-refractivity contribution in [3.63, 3.8) is 0 Å². The van der Waals surface area contributed by atoms with Crippen molar-refractivity contribution in [3.05, 3.63) is 29.7 Å². The van der Waals surface area contributed by atoms with Crippen molar-refractivity contribution in [2.24, 2.45) is 5.92 Å². The summed E-state index contributed by atoms with van der Waals surface area (Å²) in [7, 11) is 0. The van der Waals surface area contributed by atoms with E-state index in [0.717, 1.165) is 30.4 Å². The third kappa shape index (κ3) is 2.23. The first kappa shape index (κ1) is 12.2. The van der Waals surface area contributed by atoms with E-state index in [1.165, 1.54) is 5.56 Å². The van der Waals surface area contributed by atoms with Crippen LogP contribution in [0.25, 0.3) is 11.1 Å². The molecular formula is C15H17NO3. The van der Waals surface area contributed by atoms with Crippen LogP contribution in [0.2, 0.25) is 0 Å². The van der Waals surface area contributed by atoms with Crippen molar-refractivity contribution in [2.45, 2.75) is 38.5 Å². The first-order valence-corrected chi connectivity index (χ1v) is 6.79. The van der Waals surface area contributed by atoms with E-state index in [2.05, 4.69) is 11.9 Å². The minimum absolute atomic E-state index is 0.151. The van der Waals surface area contributed by atoms with E-state index in [1.807, 2.05) is 18.2 Å². The summed E-state index contributed by atoms with van der Waals surface area (Å²) in [4.78, 5) is 15.5. The van der Waals surface area contributed by atoms with Crippen LogP contribution in [0.15, 0.2) is 22.6 Å². The number of rotatable bonds is 3. The second kappa shape index (κ2) is 4.68. The van der Waals surface area contributed by atoms with Crippen LogP contribution in [0, 0.1) is 5.92 Å². The number of benzene rings is 1. The minimum atomic E-state index is -0.702. The van der Waals surface area contributed by atoms with Crippen LogP contribution >= 0.6 is 0 Å². The van der Waals surface area contributed by atoms with E-state index in [9.17, 15) is 4.79 Å². The van der Waals surface area contributed by atoms with Crippen molar-refractivity contribution in [2.75, 3.05) is 0 Å². The fourth-order valence-electron chi connectivity index (χ4n) is 2.82. The van der Waals surface area contributed by atoms with Gasteiger partial charge in [-0.15, -0.1) is 0 Å². The molecule has 19 heavy (non-hydrogen) atoms. The van der Waals surface area contributed by atoms with Gasteiger partial charge in [-0.1, -0.05) is 13.0 Å². The van der Waals surface area contributed by atoms with Gasteiger partial charge in [0.2, 0.25) is 0 Å². The van der Waals surface area contributed by atoms with Crippen molar-refractivity contribution in [3.8, 4) is 0 Å². The Balaban J connectivity index is 1.88. The predicted octanol–water partition coefficient (Wildman–Crippen LogP) is 3.36. The normalized spacial score (nSPS) is 23.0. The summed E-state index contributed by atoms with van der Waals surface area (Å²) in [5.41, 5.74) is 2.92. The Morgan fingerprint density at radius 1 is 1.47 bits per heavy atom. The summed E-state index contributed by atoms with van der Waals surface area (Å²) in [6, 6.07) is 6.05. The molecule has 4 nitrogen and oxygen atoms in total. The molecule has 0 aliphatic heterocycles. The molecule has 0 spiro atoms. The van der Waals surface area contributed by atoms with Gasteiger partial charge in [-0.05, 0) is 43.4 Å². The molecule has 1 heterocycles. The molecule has 0 amide bonds. The molecule has 3 rings (SSSR count). The van der Waals surface area contributed by atoms with E-state index >= 15 is 0 Å². The summed E-state index contributed by atoms with van der Waals surface area (Å²) < 4.78 is 5.78. The molecule has 4 heteroatoms. The van der Waals surface area contributed by atoms with E-state index < -0.39 is 5.97 Å². The minimum Gasteiger partial charge on any atom is -0.481 e. The van der Waals surface area contributed by atoms with Crippen LogP contribution in [0.3, 0.4) is 0 Å². The van der Waals surface area contributed by atoms with Crippen LogP contribution in [0.5, 0.6) is 0 Å². The number of nitrogens with zero attached hydrogens (tertiary/aromatic N) is 1. The molecule has 2 unspecified atom stereocenters. The first-order valence-electron chi connectivity index (χ1n) is 6.79. The van der Waals surface area contributed by atoms with Gasteiger partial charge in [0, 0.05) is 5.92 Å². The van der Waals surface area contributed by atoms with E-state index in [4.69, 9.17) is 9.52 Å². The zero-order valence-corrected chi connectivity index (χ0v) is 10.9. The zero-order valence-electron chi connectivity index (χ0n) is 10.9. The highest BCUT2D eigenvalue weighted by Gasteiger charge is 2.33. The van der Waals surface area contributed by atoms with Gasteiger partial charge in [-0.3, -0.25) is 4.79 Å². The number of hydrogen-bond acceptors (Lipinski definition) is 3. The maximum atomic E-state index is 11.0. The summed E-state index contributed by atoms with van der Waals surface area (Å²) in [5.74, 6) is -0.0938. The Labute approximate surface area is 111 Å². The second-order valence-corrected chi connectivity index (χ2v) is 5.25. The number of carboxylic acid groups (broad SMARTS) is 1. The average Bonchev–Trinajstić information content (AvgIpc) is 3.04. The molecule has 1 aromatic carbocycles. The molecular weight excluding hydrogens is 242 g/mol. The summed E-state index contributed by atoms with van der Waals surface area (Å²) in [5, 5.41) is 9.04. The van der Waals surface area contributed by atoms with Gasteiger partial charge in [0.25, 0.3) is 0 Å². The highest BCUT2D eigenvalue weighted by Crippen LogP contribution is 2.38. The molecule has 0 radical (unpaired) electrons. The smallest absolute Gasteiger partial charge is 0.306 e. The average molecular weight is 259 g/mol. The van der Waals surface area contributed by atoms with Crippen molar-refractivity contribution < 1.29 is 14.3 Å². The molecule has 1 aliphatic carbocycles. The lowest BCUT2D eigenvalue weighted by Crippen LogP contribution is -2.09. The number of carbonyl (C=O) groups is 1. The maximum absolute atomic E-state index is 11.0. The lowest BCUT2D eigenvalue weighted by molar-refractivity contribution is -0.141. The van der Waals surface area contributed by atoms with Gasteiger partial charge < -0.3 is 9.52 Å². The summed E-state index contributed by atoms with van der Waals surface area (Å²) >= 11 is 0. The van der Waals surface area contributed by atoms with Gasteiger partial charge in [-0.25, -0.2) is 4.98 Å². The number of oxazole rings is 1. The van der Waals surface area contributed by atoms with E-state index in [-0.39, 0.29) is 11.8 Å². The Hall–Kier alpha value is -1.84. The molecule has 1 aliphatic rings. The van der Waals surface area contributed by atoms with E-state index in [1.54, 1.807) is 0 Å². The van der Waals surface area contributed by atoms with Crippen LogP contribution in [-0.4, -0.2) is 16.1 Å². The number of aryl methyl sites for hydroxylation is 1. The predicted molar refractivity (Wildman–Crippen MR) is 71.1 cm³/mol. The van der Waals surface area contributed by atoms with Gasteiger partial charge in [0.15, 0.2) is 11.5 Å². The summed E-state index contributed by atoms with van der Waals surface area (Å²) in [6.45, 7) is 2.11. The third-order valence-corrected chi connectivity index (χ3v) is 4.01. The van der Waals surface area contributed by atoms with Crippen molar-refractivity contribution in [1.29, 1.82) is 0 Å². The molecule has 0 bridgehead atoms. The van der Waals surface area contributed by atoms with Crippen LogP contribution < -0.4 is 0 Å². The zero-order chi connectivity index (χ0) is 13.4. The lowest BCUT2D eigenvalue weighted by Gasteiger charge is -2.03. The maximum Gasteiger partial charge on any atom is 0.306 e. The standard InChI is InChI=1S/C15H17NO3/c1-2-9-3-6-13-12(7-9)16-14(19-13)10-4-5-11(8-10)15(17)18/h3,6-7,10-11H,2,4-5,8H2,1H3,(H,17,18). The Morgan fingerprint density at radius 3 is 3.00 bits per heavy atom. The van der Waals surface area contributed by atoms with Crippen LogP contribution in [0.1, 0.15) is 43.6 Å². The molecule has 0 saturated heterocycles. The fourth-order valence-corrected chi connectivity index (χ4v) is 2.82. The monoisotopic (exact) mass is 259 g/mol. The highest BCUT2D eigenvalue weighted by atomic mass is 16.4. The molecule has 2 aromatic rings. The quantitative estimate of drug-likeness (QED) is 0.918. The number of carboxylic acids is 1. The van der Waals surface area contributed by atoms with E-state index in [0.29, 0.717) is 12.3 Å². The second-order valence-electron chi connectivity index (χ2n) is 5.25. The number of hydrogen-bond donors (Lipinski definition) is 1. The molecule has 2 atom stereocenters. The molecule has 1 fully saturated rings. The fraction of sp³-hybridized carbons (Fsp3) is 0.467. The number of fused-ring (bicyclic) bond motifs is 1. The van der Waals surface area contributed by atoms with Gasteiger partial charge >= 0.3 is 5.97 Å². The summed E-state index contributed by atoms with van der Waals surface area (Å²) in [6.07, 6.45) is 3.19. The first-order chi connectivity index (χ1) is 9.17. The largest absolute Gasteiger partial charge is 0.481 e. The molecule has 1 N–H and O–H groups in total. The van der Waals surface area contributed by atoms with Gasteiger partial charge in [0.1, 0.15) is 5.52 Å². The topological polar surface area (TPSA) is 63.3 Å². The third-order valence-electron chi connectivity index (χ3n) is 4.01. The van der Waals surface area contributed by atoms with Crippen LogP contribution in [-0.2, 0) is 11.2 Å². The van der Waals surface area contributed by atoms with Gasteiger partial charge in [0.05, 0.1) is 5.92 Å². The molecule has 1 saturated carbocycles. The van der Waals surface area contributed by atoms with Crippen molar-refractivity contribution >= 4 is 17.1 Å². The Kier molecular flexibility index (Phi) is 3.01. The highest BCUT2D eigenvalue weighted by molar-refractivity contribution is 5.74. The Bertz CT molecular complexity index is 617. The number of aliphatic carboxylic acids is 1. The molecule has 1 aromatic heterocycles. The Morgan fingerprint density at radius 2 is 2.32 bits per heavy atom. The van der Waals surface area contributed by atoms with Gasteiger partial charge in [-0.2, -0.15) is 0 Å². The van der Waals surface area contributed by atoms with Crippen LogP contribution in [0.4, 0.5) is 0 Å². The molecule has 100 valence electrons. The van der Waals surface area contributed by atoms with Crippen molar-refractivity contribution in [1.82, 2.24) is 4.98 Å². The number of aromatic nitrogens is 1. The SMILES string of the molecule is CCc1ccc2oc(C3CCC(C(=O)O)C3)nc2c1. The lowest BCUT2D eigenvalue weighted by atomic mass is 10.1.